The van der Waals surface area contributed by atoms with Crippen LogP contribution < -0.4 is 0 Å². The smallest absolute Gasteiger partial charge is 0.0234 e. The Labute approximate surface area is 112 Å². The molecule has 2 unspecified atom stereocenters. The topological polar surface area (TPSA) is 3.24 Å². The van der Waals surface area contributed by atoms with Gasteiger partial charge < -0.3 is 0 Å². The zero-order valence-corrected chi connectivity index (χ0v) is 11.7. The second-order valence-corrected chi connectivity index (χ2v) is 5.69. The molecule has 2 rings (SSSR count). The van der Waals surface area contributed by atoms with Gasteiger partial charge in [-0.05, 0) is 29.4 Å². The van der Waals surface area contributed by atoms with Crippen LogP contribution in [0.5, 0.6) is 0 Å². The summed E-state index contributed by atoms with van der Waals surface area (Å²) in [5.74, 6) is 1.73. The molecule has 1 heterocycles. The fourth-order valence-electron chi connectivity index (χ4n) is 3.05. The van der Waals surface area contributed by atoms with Crippen molar-refractivity contribution >= 4 is 5.57 Å². The molecule has 2 atom stereocenters. The maximum Gasteiger partial charge on any atom is 0.0234 e. The van der Waals surface area contributed by atoms with E-state index in [-0.39, 0.29) is 0 Å². The first kappa shape index (κ1) is 13.4. The van der Waals surface area contributed by atoms with Crippen molar-refractivity contribution in [3.05, 3.63) is 42.5 Å². The van der Waals surface area contributed by atoms with Crippen molar-refractivity contribution in [3.8, 4) is 0 Å². The van der Waals surface area contributed by atoms with E-state index in [0.29, 0.717) is 0 Å². The predicted octanol–water partition coefficient (Wildman–Crippen LogP) is 4.07. The molecule has 1 aromatic carbocycles. The highest BCUT2D eigenvalue weighted by Crippen LogP contribution is 2.28. The first-order chi connectivity index (χ1) is 8.70. The molecule has 98 valence electrons. The molecular formula is C17H25N. The molecular weight excluding hydrogens is 218 g/mol. The molecule has 0 saturated carbocycles. The normalized spacial score (nSPS) is 24.3. The van der Waals surface area contributed by atoms with E-state index in [9.17, 15) is 0 Å². The van der Waals surface area contributed by atoms with Crippen LogP contribution in [0.1, 0.15) is 32.3 Å². The van der Waals surface area contributed by atoms with E-state index >= 15 is 0 Å². The Balaban J connectivity index is 1.90. The molecule has 1 heteroatoms. The Morgan fingerprint density at radius 3 is 2.67 bits per heavy atom. The lowest BCUT2D eigenvalue weighted by Crippen LogP contribution is -2.22. The molecule has 1 nitrogen and oxygen atoms in total. The highest BCUT2D eigenvalue weighted by atomic mass is 15.1. The highest BCUT2D eigenvalue weighted by Gasteiger charge is 2.28. The Hall–Kier alpha value is -1.08. The zero-order chi connectivity index (χ0) is 13.0. The summed E-state index contributed by atoms with van der Waals surface area (Å²) in [6, 6.07) is 10.6. The Kier molecular flexibility index (Phi) is 4.60. The summed E-state index contributed by atoms with van der Waals surface area (Å²) in [6.07, 6.45) is 2.68. The van der Waals surface area contributed by atoms with Crippen molar-refractivity contribution in [3.63, 3.8) is 0 Å². The van der Waals surface area contributed by atoms with E-state index < -0.39 is 0 Å². The number of hydrogen-bond donors (Lipinski definition) is 0. The average molecular weight is 243 g/mol. The molecule has 1 fully saturated rings. The molecule has 1 aliphatic heterocycles. The van der Waals surface area contributed by atoms with Crippen LogP contribution in [0.15, 0.2) is 36.9 Å². The van der Waals surface area contributed by atoms with Gasteiger partial charge in [0.2, 0.25) is 0 Å². The summed E-state index contributed by atoms with van der Waals surface area (Å²) in [6.45, 7) is 12.4. The summed E-state index contributed by atoms with van der Waals surface area (Å²) in [5, 5.41) is 0. The maximum atomic E-state index is 4.24. The molecule has 0 amide bonds. The Morgan fingerprint density at radius 2 is 2.00 bits per heavy atom. The first-order valence-electron chi connectivity index (χ1n) is 7.16. The molecule has 0 aromatic heterocycles. The van der Waals surface area contributed by atoms with Crippen LogP contribution >= 0.6 is 0 Å². The average Bonchev–Trinajstić information content (AvgIpc) is 2.71. The molecule has 0 N–H and O–H groups in total. The van der Waals surface area contributed by atoms with E-state index in [0.717, 1.165) is 18.4 Å². The van der Waals surface area contributed by atoms with Crippen molar-refractivity contribution < 1.29 is 0 Å². The van der Waals surface area contributed by atoms with E-state index in [2.05, 4.69) is 55.7 Å². The molecule has 1 aromatic rings. The summed E-state index contributed by atoms with van der Waals surface area (Å²) >= 11 is 0. The lowest BCUT2D eigenvalue weighted by Gasteiger charge is -2.17. The van der Waals surface area contributed by atoms with Gasteiger partial charge in [0.1, 0.15) is 0 Å². The first-order valence-corrected chi connectivity index (χ1v) is 7.16. The van der Waals surface area contributed by atoms with Gasteiger partial charge in [0, 0.05) is 19.6 Å². The number of likely N-dealkylation sites (tertiary alicyclic amines) is 1. The Bertz CT molecular complexity index is 382. The third-order valence-corrected chi connectivity index (χ3v) is 4.10. The minimum Gasteiger partial charge on any atom is -0.299 e. The van der Waals surface area contributed by atoms with Gasteiger partial charge in [-0.2, -0.15) is 0 Å². The van der Waals surface area contributed by atoms with E-state index in [1.54, 1.807) is 0 Å². The third kappa shape index (κ3) is 3.23. The van der Waals surface area contributed by atoms with Crippen LogP contribution in [-0.2, 0) is 0 Å². The van der Waals surface area contributed by atoms with E-state index in [4.69, 9.17) is 0 Å². The van der Waals surface area contributed by atoms with Gasteiger partial charge in [0.25, 0.3) is 0 Å². The van der Waals surface area contributed by atoms with Crippen molar-refractivity contribution in [2.75, 3.05) is 19.6 Å². The number of benzene rings is 1. The standard InChI is InChI=1S/C17H25N/c1-4-8-17-13-18(12-15(17)3)11-14(2)16-9-6-5-7-10-16/h5-7,9-10,15,17H,2,4,8,11-13H2,1,3H3. The molecule has 0 aliphatic carbocycles. The van der Waals surface area contributed by atoms with Gasteiger partial charge in [-0.3, -0.25) is 4.90 Å². The van der Waals surface area contributed by atoms with Crippen molar-refractivity contribution in [2.24, 2.45) is 11.8 Å². The Morgan fingerprint density at radius 1 is 1.28 bits per heavy atom. The van der Waals surface area contributed by atoms with E-state index in [1.807, 2.05) is 0 Å². The predicted molar refractivity (Wildman–Crippen MR) is 79.5 cm³/mol. The number of hydrogen-bond acceptors (Lipinski definition) is 1. The van der Waals surface area contributed by atoms with Crippen LogP contribution in [-0.4, -0.2) is 24.5 Å². The van der Waals surface area contributed by atoms with Crippen molar-refractivity contribution in [1.29, 1.82) is 0 Å². The quantitative estimate of drug-likeness (QED) is 0.753. The number of rotatable bonds is 5. The lowest BCUT2D eigenvalue weighted by molar-refractivity contribution is 0.358. The SMILES string of the molecule is C=C(CN1CC(C)C(CCC)C1)c1ccccc1. The van der Waals surface area contributed by atoms with Gasteiger partial charge in [0.15, 0.2) is 0 Å². The third-order valence-electron chi connectivity index (χ3n) is 4.10. The minimum atomic E-state index is 0.841. The molecule has 1 saturated heterocycles. The highest BCUT2D eigenvalue weighted by molar-refractivity contribution is 5.64. The fourth-order valence-corrected chi connectivity index (χ4v) is 3.05. The molecule has 0 bridgehead atoms. The monoisotopic (exact) mass is 243 g/mol. The fraction of sp³-hybridized carbons (Fsp3) is 0.529. The molecule has 0 radical (unpaired) electrons. The second-order valence-electron chi connectivity index (χ2n) is 5.69. The second kappa shape index (κ2) is 6.19. The van der Waals surface area contributed by atoms with Crippen LogP contribution in [0.4, 0.5) is 0 Å². The van der Waals surface area contributed by atoms with Gasteiger partial charge in [0.05, 0.1) is 0 Å². The van der Waals surface area contributed by atoms with Gasteiger partial charge >= 0.3 is 0 Å². The molecule has 0 spiro atoms. The zero-order valence-electron chi connectivity index (χ0n) is 11.7. The van der Waals surface area contributed by atoms with Crippen molar-refractivity contribution in [1.82, 2.24) is 4.90 Å². The number of nitrogens with zero attached hydrogens (tertiary/aromatic N) is 1. The van der Waals surface area contributed by atoms with E-state index in [1.165, 1.54) is 37.1 Å². The van der Waals surface area contributed by atoms with Crippen LogP contribution in [0.3, 0.4) is 0 Å². The molecule has 1 aliphatic rings. The van der Waals surface area contributed by atoms with Crippen LogP contribution in [0.25, 0.3) is 5.57 Å². The lowest BCUT2D eigenvalue weighted by atomic mass is 9.94. The van der Waals surface area contributed by atoms with Crippen LogP contribution in [0, 0.1) is 11.8 Å². The summed E-state index contributed by atoms with van der Waals surface area (Å²) in [7, 11) is 0. The molecule has 18 heavy (non-hydrogen) atoms. The summed E-state index contributed by atoms with van der Waals surface area (Å²) in [5.41, 5.74) is 2.53. The van der Waals surface area contributed by atoms with Crippen LogP contribution in [0.2, 0.25) is 0 Å². The summed E-state index contributed by atoms with van der Waals surface area (Å²) < 4.78 is 0. The van der Waals surface area contributed by atoms with Crippen molar-refractivity contribution in [2.45, 2.75) is 26.7 Å². The largest absolute Gasteiger partial charge is 0.299 e. The maximum absolute atomic E-state index is 4.24. The summed E-state index contributed by atoms with van der Waals surface area (Å²) in [4.78, 5) is 2.57. The van der Waals surface area contributed by atoms with Gasteiger partial charge in [-0.15, -0.1) is 0 Å². The van der Waals surface area contributed by atoms with Gasteiger partial charge in [-0.1, -0.05) is 57.2 Å². The van der Waals surface area contributed by atoms with Gasteiger partial charge in [-0.25, -0.2) is 0 Å². The minimum absolute atomic E-state index is 0.841.